The number of hydrogen-bond donors (Lipinski definition) is 0. The summed E-state index contributed by atoms with van der Waals surface area (Å²) in [5.41, 5.74) is 0. The smallest absolute Gasteiger partial charge is 0.224 e. The fourth-order valence-corrected chi connectivity index (χ4v) is 22.4. The third-order valence-electron chi connectivity index (χ3n) is 1.07. The van der Waals surface area contributed by atoms with Crippen LogP contribution in [0.25, 0.3) is 0 Å². The van der Waals surface area contributed by atoms with Crippen LogP contribution in [0.3, 0.4) is 0 Å². The van der Waals surface area contributed by atoms with Crippen molar-refractivity contribution in [1.29, 1.82) is 0 Å². The largest absolute Gasteiger partial charge is 0.249 e. The molecule has 0 atom stereocenters. The van der Waals surface area contributed by atoms with Gasteiger partial charge in [-0.3, -0.25) is 0 Å². The van der Waals surface area contributed by atoms with Gasteiger partial charge in [0.2, 0.25) is 2.74 Å². The molecule has 0 aromatic heterocycles. The zero-order valence-electron chi connectivity index (χ0n) is 2.54. The van der Waals surface area contributed by atoms with Crippen LogP contribution in [-0.4, -0.2) is 6.95 Å². The van der Waals surface area contributed by atoms with Crippen molar-refractivity contribution in [3.8, 4) is 0 Å². The highest BCUT2D eigenvalue weighted by Crippen LogP contribution is 3.27. The zero-order valence-corrected chi connectivity index (χ0v) is 5.81. The van der Waals surface area contributed by atoms with E-state index in [0.29, 0.717) is 2.74 Å². The minimum absolute atomic E-state index is 0.303. The maximum atomic E-state index is 10.9. The van der Waals surface area contributed by atoms with Gasteiger partial charge in [0.15, 0.2) is 0 Å². The lowest BCUT2D eigenvalue weighted by atomic mass is 11.8. The molecule has 3 aliphatic heterocycles. The Morgan fingerprint density at radius 3 is 1.50 bits per heavy atom. The van der Waals surface area contributed by atoms with E-state index in [0.717, 1.165) is 0 Å². The van der Waals surface area contributed by atoms with Gasteiger partial charge in [-0.15, -0.1) is 0 Å². The lowest BCUT2D eigenvalue weighted by Crippen LogP contribution is -1.77. The first-order valence-electron chi connectivity index (χ1n) is 1.48. The molecule has 0 aliphatic carbocycles. The maximum absolute atomic E-state index is 10.9. The topological polar surface area (TPSA) is 17.1 Å². The first-order chi connectivity index (χ1) is 2.68. The first-order valence-corrected chi connectivity index (χ1v) is 7.45. The van der Waals surface area contributed by atoms with Crippen molar-refractivity contribution in [2.75, 3.05) is 0 Å². The Hall–Kier alpha value is 1.20. The van der Waals surface area contributed by atoms with Crippen molar-refractivity contribution in [3.63, 3.8) is 0 Å². The molecule has 0 radical (unpaired) electrons. The van der Waals surface area contributed by atoms with E-state index in [4.69, 9.17) is 0 Å². The molecule has 1 nitrogen and oxygen atoms in total. The molecule has 3 aliphatic rings. The van der Waals surface area contributed by atoms with Gasteiger partial charge in [0.25, 0.3) is 0 Å². The van der Waals surface area contributed by atoms with Crippen molar-refractivity contribution in [3.05, 3.63) is 0 Å². The molecule has 6 heavy (non-hydrogen) atoms. The summed E-state index contributed by atoms with van der Waals surface area (Å²) in [5.74, 6) is 0. The second-order valence-electron chi connectivity index (χ2n) is 1.49. The minimum atomic E-state index is -1.79. The molecular weight excluding hydrogens is 156 g/mol. The normalized spacial score (nSPS) is 77.7. The zero-order chi connectivity index (χ0) is 4.07. The molecule has 0 amide bonds. The van der Waals surface area contributed by atoms with Crippen LogP contribution in [0.15, 0.2) is 0 Å². The van der Waals surface area contributed by atoms with Gasteiger partial charge in [0.1, 0.15) is 0 Å². The fourth-order valence-electron chi connectivity index (χ4n) is 0.496. The molecule has 0 spiro atoms. The van der Waals surface area contributed by atoms with Gasteiger partial charge in [-0.25, -0.2) is 4.21 Å². The van der Waals surface area contributed by atoms with E-state index < -0.39 is 6.16 Å². The van der Waals surface area contributed by atoms with Crippen LogP contribution in [0, 0.1) is 0 Å². The van der Waals surface area contributed by atoms with Crippen LogP contribution in [0.5, 0.6) is 0 Å². The molecule has 0 bridgehead atoms. The van der Waals surface area contributed by atoms with Crippen LogP contribution in [-0.2, 0) is 6.16 Å². The van der Waals surface area contributed by atoms with Crippen LogP contribution in [0.4, 0.5) is 0 Å². The monoisotopic (exact) mass is 156 g/mol. The van der Waals surface area contributed by atoms with Gasteiger partial charge >= 0.3 is 0 Å². The van der Waals surface area contributed by atoms with Crippen molar-refractivity contribution < 1.29 is 4.21 Å². The van der Waals surface area contributed by atoms with Crippen molar-refractivity contribution in [1.82, 2.24) is 0 Å². The van der Waals surface area contributed by atoms with E-state index in [2.05, 4.69) is 0 Å². The van der Waals surface area contributed by atoms with Crippen molar-refractivity contribution in [2.24, 2.45) is 0 Å². The second-order valence-corrected chi connectivity index (χ2v) is 16.6. The van der Waals surface area contributed by atoms with Gasteiger partial charge in [-0.05, 0) is 32.4 Å². The molecule has 0 N–H and O–H groups in total. The van der Waals surface area contributed by atoms with Crippen molar-refractivity contribution in [2.45, 2.75) is 2.74 Å². The lowest BCUT2D eigenvalue weighted by Gasteiger charge is -2.02. The molecular formula is COS4. The molecule has 3 rings (SSSR count). The molecule has 0 aromatic carbocycles. The Bertz CT molecular complexity index is 186. The molecule has 0 aromatic rings. The Labute approximate surface area is 45.6 Å². The Morgan fingerprint density at radius 1 is 1.33 bits per heavy atom. The standard InChI is InChI=1S/COS4/c2-6-1(3-6,4-6)5-6. The third-order valence-corrected chi connectivity index (χ3v) is 20.6. The molecule has 3 heterocycles. The summed E-state index contributed by atoms with van der Waals surface area (Å²) in [4.78, 5) is 0. The SMILES string of the molecule is O=S123SC1(S2)S3. The van der Waals surface area contributed by atoms with Gasteiger partial charge in [-0.1, -0.05) is 0 Å². The number of rotatable bonds is 0. The summed E-state index contributed by atoms with van der Waals surface area (Å²) in [6, 6.07) is 0. The fraction of sp³-hybridized carbons (Fsp3) is 1.00. The predicted molar refractivity (Wildman–Crippen MR) is 33.6 cm³/mol. The average molecular weight is 156 g/mol. The molecule has 3 saturated heterocycles. The quantitative estimate of drug-likeness (QED) is 0.389. The molecule has 5 heteroatoms. The molecule has 0 unspecified atom stereocenters. The summed E-state index contributed by atoms with van der Waals surface area (Å²) < 4.78 is 11.2. The second kappa shape index (κ2) is 0.411. The highest BCUT2D eigenvalue weighted by molar-refractivity contribution is 9.78. The van der Waals surface area contributed by atoms with Gasteiger partial charge in [-0.2, -0.15) is 0 Å². The van der Waals surface area contributed by atoms with Gasteiger partial charge in [0.05, 0.1) is 6.16 Å². The summed E-state index contributed by atoms with van der Waals surface area (Å²) in [7, 11) is 5.04. The van der Waals surface area contributed by atoms with E-state index in [-0.39, 0.29) is 0 Å². The van der Waals surface area contributed by atoms with Crippen LogP contribution < -0.4 is 0 Å². The van der Waals surface area contributed by atoms with Crippen LogP contribution >= 0.6 is 32.4 Å². The van der Waals surface area contributed by atoms with Crippen molar-refractivity contribution >= 4 is 38.5 Å². The van der Waals surface area contributed by atoms with E-state index >= 15 is 0 Å². The summed E-state index contributed by atoms with van der Waals surface area (Å²) in [6.45, 7) is 0. The lowest BCUT2D eigenvalue weighted by molar-refractivity contribution is 0.695. The highest BCUT2D eigenvalue weighted by atomic mass is 34.0. The average Bonchev–Trinajstić information content (AvgIpc) is 1.71. The van der Waals surface area contributed by atoms with Crippen LogP contribution in [0.1, 0.15) is 0 Å². The van der Waals surface area contributed by atoms with E-state index in [1.807, 2.05) is 0 Å². The molecule has 3 fully saturated rings. The Morgan fingerprint density at radius 2 is 1.50 bits per heavy atom. The Balaban J connectivity index is 2.74. The van der Waals surface area contributed by atoms with E-state index in [1.54, 1.807) is 32.4 Å². The van der Waals surface area contributed by atoms with E-state index in [1.165, 1.54) is 0 Å². The van der Waals surface area contributed by atoms with Gasteiger partial charge in [0, 0.05) is 0 Å². The third kappa shape index (κ3) is 0.115. The number of hydrogen-bond acceptors (Lipinski definition) is 4. The summed E-state index contributed by atoms with van der Waals surface area (Å²) in [5, 5.41) is 0. The molecule has 0 saturated carbocycles. The molecule has 34 valence electrons. The summed E-state index contributed by atoms with van der Waals surface area (Å²) >= 11 is 0. The minimum Gasteiger partial charge on any atom is -0.249 e. The highest BCUT2D eigenvalue weighted by Gasteiger charge is 3.13. The maximum Gasteiger partial charge on any atom is 0.224 e. The summed E-state index contributed by atoms with van der Waals surface area (Å²) in [6.07, 6.45) is -1.79. The van der Waals surface area contributed by atoms with E-state index in [9.17, 15) is 4.21 Å². The first kappa shape index (κ1) is 3.27. The van der Waals surface area contributed by atoms with Crippen LogP contribution in [0.2, 0.25) is 0 Å². The predicted octanol–water partition coefficient (Wildman–Crippen LogP) is 1.40. The van der Waals surface area contributed by atoms with Gasteiger partial charge < -0.3 is 0 Å². The Kier molecular flexibility index (Phi) is 0.224.